The molecule has 0 bridgehead atoms. The SMILES string of the molecule is Cc1cccc(C)c1OC(=O)CCc1ccc(OP(Oc2ccc(CCC(=O)Oc3c(C)cccc3C)cc2C(C)(C)C)Oc2ccc(CCC(=O)Oc3c(C)cccc3C)cc2C(C)(C)C)c(C(C)(C)C)c1. The molecule has 10 heteroatoms. The van der Waals surface area contributed by atoms with E-state index in [1.165, 1.54) is 0 Å². The zero-order valence-electron chi connectivity index (χ0n) is 45.8. The van der Waals surface area contributed by atoms with Gasteiger partial charge in [0.2, 0.25) is 0 Å². The minimum Gasteiger partial charge on any atom is -0.426 e. The first kappa shape index (κ1) is 55.9. The lowest BCUT2D eigenvalue weighted by molar-refractivity contribution is -0.135. The highest BCUT2D eigenvalue weighted by atomic mass is 31.2. The van der Waals surface area contributed by atoms with E-state index < -0.39 is 8.60 Å². The molecule has 9 nitrogen and oxygen atoms in total. The molecule has 0 unspecified atom stereocenters. The summed E-state index contributed by atoms with van der Waals surface area (Å²) in [5, 5.41) is 0. The molecule has 0 saturated heterocycles. The van der Waals surface area contributed by atoms with E-state index in [-0.39, 0.29) is 53.4 Å². The smallest absolute Gasteiger partial charge is 0.426 e. The maximum Gasteiger partial charge on any atom is 0.530 e. The molecule has 0 aromatic heterocycles. The molecule has 386 valence electrons. The van der Waals surface area contributed by atoms with Gasteiger partial charge in [-0.2, -0.15) is 0 Å². The van der Waals surface area contributed by atoms with Crippen molar-refractivity contribution in [1.82, 2.24) is 0 Å². The summed E-state index contributed by atoms with van der Waals surface area (Å²) in [6.07, 6.45) is 2.04. The standard InChI is InChI=1S/C63H75O9P/c1-40-19-16-20-41(2)58(40)67-55(64)34-28-46-25-31-52(49(37-46)61(7,8)9)70-73(71-53-32-26-47(38-50(53)62(10,11)12)29-35-56(65)68-59-42(3)21-17-22-43(59)4)72-54-33-27-48(39-51(54)63(13,14)15)30-36-57(66)69-60-44(5)23-18-24-45(60)6/h16-27,31-33,37-39H,28-30,34-36H2,1-15H3. The van der Waals surface area contributed by atoms with E-state index in [0.717, 1.165) is 66.8 Å². The molecule has 0 aliphatic carbocycles. The van der Waals surface area contributed by atoms with Gasteiger partial charge in [0.05, 0.1) is 0 Å². The van der Waals surface area contributed by atoms with Crippen LogP contribution in [0.3, 0.4) is 0 Å². The second-order valence-corrected chi connectivity index (χ2v) is 23.3. The average Bonchev–Trinajstić information content (AvgIpc) is 3.30. The summed E-state index contributed by atoms with van der Waals surface area (Å²) in [6, 6.07) is 35.5. The average molecular weight is 1010 g/mol. The molecular formula is C63H75O9P. The van der Waals surface area contributed by atoms with Crippen LogP contribution in [0, 0.1) is 41.5 Å². The number of ether oxygens (including phenoxy) is 3. The van der Waals surface area contributed by atoms with Crippen LogP contribution in [0.1, 0.15) is 148 Å². The van der Waals surface area contributed by atoms with Crippen molar-refractivity contribution in [2.75, 3.05) is 0 Å². The third-order valence-corrected chi connectivity index (χ3v) is 13.8. The van der Waals surface area contributed by atoms with Crippen LogP contribution in [-0.2, 0) is 49.9 Å². The topological polar surface area (TPSA) is 107 Å². The fraction of sp³-hybridized carbons (Fsp3) is 0.381. The lowest BCUT2D eigenvalue weighted by Gasteiger charge is -2.29. The van der Waals surface area contributed by atoms with Gasteiger partial charge in [0.25, 0.3) is 0 Å². The van der Waals surface area contributed by atoms with Crippen LogP contribution in [0.15, 0.2) is 109 Å². The molecular weight excluding hydrogens is 932 g/mol. The summed E-state index contributed by atoms with van der Waals surface area (Å²) in [6.45, 7) is 30.8. The van der Waals surface area contributed by atoms with Crippen molar-refractivity contribution < 1.29 is 42.2 Å². The first-order valence-electron chi connectivity index (χ1n) is 25.3. The predicted molar refractivity (Wildman–Crippen MR) is 294 cm³/mol. The lowest BCUT2D eigenvalue weighted by Crippen LogP contribution is -2.18. The molecule has 0 aliphatic heterocycles. The summed E-state index contributed by atoms with van der Waals surface area (Å²) >= 11 is 0. The molecule has 6 aromatic carbocycles. The largest absolute Gasteiger partial charge is 0.530 e. The van der Waals surface area contributed by atoms with E-state index in [1.807, 2.05) is 133 Å². The molecule has 0 spiro atoms. The Labute approximate surface area is 435 Å². The summed E-state index contributed by atoms with van der Waals surface area (Å²) in [4.78, 5) is 39.5. The van der Waals surface area contributed by atoms with Gasteiger partial charge in [-0.15, -0.1) is 0 Å². The first-order chi connectivity index (χ1) is 34.3. The number of aryl methyl sites for hydroxylation is 9. The van der Waals surface area contributed by atoms with Gasteiger partial charge in [0, 0.05) is 36.0 Å². The second-order valence-electron chi connectivity index (χ2n) is 22.3. The number of rotatable bonds is 18. The molecule has 6 rings (SSSR count). The number of para-hydroxylation sites is 3. The Balaban J connectivity index is 1.31. The van der Waals surface area contributed by atoms with Gasteiger partial charge in [-0.25, -0.2) is 0 Å². The van der Waals surface area contributed by atoms with Crippen molar-refractivity contribution in [1.29, 1.82) is 0 Å². The monoisotopic (exact) mass is 1010 g/mol. The van der Waals surface area contributed by atoms with Crippen LogP contribution in [0.25, 0.3) is 0 Å². The highest BCUT2D eigenvalue weighted by Gasteiger charge is 2.31. The maximum absolute atomic E-state index is 13.2. The Bertz CT molecular complexity index is 2570. The lowest BCUT2D eigenvalue weighted by atomic mass is 9.85. The van der Waals surface area contributed by atoms with Crippen molar-refractivity contribution >= 4 is 26.5 Å². The van der Waals surface area contributed by atoms with Crippen molar-refractivity contribution in [3.63, 3.8) is 0 Å². The van der Waals surface area contributed by atoms with Crippen LogP contribution < -0.4 is 27.8 Å². The molecule has 0 amide bonds. The number of hydrogen-bond donors (Lipinski definition) is 0. The maximum atomic E-state index is 13.2. The highest BCUT2D eigenvalue weighted by Crippen LogP contribution is 2.49. The number of carbonyl (C=O) groups excluding carboxylic acids is 3. The van der Waals surface area contributed by atoms with Gasteiger partial charge in [-0.05, 0) is 145 Å². The molecule has 6 aromatic rings. The van der Waals surface area contributed by atoms with E-state index in [9.17, 15) is 14.4 Å². The fourth-order valence-electron chi connectivity index (χ4n) is 8.61. The third kappa shape index (κ3) is 15.3. The Hall–Kier alpha value is -6.44. The molecule has 0 saturated carbocycles. The zero-order valence-corrected chi connectivity index (χ0v) is 46.7. The van der Waals surface area contributed by atoms with Crippen molar-refractivity contribution in [3.8, 4) is 34.5 Å². The van der Waals surface area contributed by atoms with Crippen LogP contribution in [0.5, 0.6) is 34.5 Å². The van der Waals surface area contributed by atoms with Gasteiger partial charge in [0.15, 0.2) is 0 Å². The quantitative estimate of drug-likeness (QED) is 0.0473. The molecule has 0 heterocycles. The summed E-state index contributed by atoms with van der Waals surface area (Å²) in [7, 11) is -2.19. The Morgan fingerprint density at radius 2 is 0.603 bits per heavy atom. The number of hydrogen-bond acceptors (Lipinski definition) is 9. The normalized spacial score (nSPS) is 11.8. The Kier molecular flexibility index (Phi) is 18.1. The van der Waals surface area contributed by atoms with Crippen LogP contribution in [0.4, 0.5) is 0 Å². The molecule has 0 aliphatic rings. The second kappa shape index (κ2) is 23.6. The minimum atomic E-state index is -2.19. The molecule has 0 fully saturated rings. The summed E-state index contributed by atoms with van der Waals surface area (Å²) < 4.78 is 38.4. The Morgan fingerprint density at radius 3 is 0.822 bits per heavy atom. The van der Waals surface area contributed by atoms with Crippen LogP contribution in [0.2, 0.25) is 0 Å². The predicted octanol–water partition coefficient (Wildman–Crippen LogP) is 15.8. The summed E-state index contributed by atoms with van der Waals surface area (Å²) in [5.74, 6) is 2.71. The highest BCUT2D eigenvalue weighted by molar-refractivity contribution is 7.43. The van der Waals surface area contributed by atoms with Crippen molar-refractivity contribution in [2.45, 2.75) is 159 Å². The number of carbonyl (C=O) groups is 3. The molecule has 0 N–H and O–H groups in total. The zero-order chi connectivity index (χ0) is 53.4. The van der Waals surface area contributed by atoms with E-state index >= 15 is 0 Å². The van der Waals surface area contributed by atoms with Crippen molar-refractivity contribution in [3.05, 3.63) is 176 Å². The number of benzene rings is 6. The fourth-order valence-corrected chi connectivity index (χ4v) is 9.68. The molecule has 73 heavy (non-hydrogen) atoms. The first-order valence-corrected chi connectivity index (χ1v) is 26.4. The summed E-state index contributed by atoms with van der Waals surface area (Å²) in [5.41, 5.74) is 10.0. The van der Waals surface area contributed by atoms with E-state index in [1.54, 1.807) is 0 Å². The number of esters is 3. The van der Waals surface area contributed by atoms with Crippen molar-refractivity contribution in [2.24, 2.45) is 0 Å². The Morgan fingerprint density at radius 1 is 0.370 bits per heavy atom. The van der Waals surface area contributed by atoms with Gasteiger partial charge in [0.1, 0.15) is 34.5 Å². The molecule has 0 radical (unpaired) electrons. The van der Waals surface area contributed by atoms with Gasteiger partial charge in [-0.1, -0.05) is 153 Å². The van der Waals surface area contributed by atoms with Crippen LogP contribution in [-0.4, -0.2) is 17.9 Å². The van der Waals surface area contributed by atoms with Gasteiger partial charge < -0.3 is 27.8 Å². The third-order valence-electron chi connectivity index (χ3n) is 12.8. The van der Waals surface area contributed by atoms with Gasteiger partial charge in [-0.3, -0.25) is 14.4 Å². The van der Waals surface area contributed by atoms with E-state index in [2.05, 4.69) is 80.5 Å². The van der Waals surface area contributed by atoms with E-state index in [4.69, 9.17) is 27.8 Å². The molecule has 0 atom stereocenters. The minimum absolute atomic E-state index is 0.203. The van der Waals surface area contributed by atoms with E-state index in [0.29, 0.717) is 53.8 Å². The van der Waals surface area contributed by atoms with Crippen LogP contribution >= 0.6 is 8.60 Å². The van der Waals surface area contributed by atoms with Gasteiger partial charge >= 0.3 is 26.5 Å².